The molecule has 5 nitrogen and oxygen atoms in total. The van der Waals surface area contributed by atoms with Crippen LogP contribution in [0.15, 0.2) is 45.6 Å². The lowest BCUT2D eigenvalue weighted by Gasteiger charge is -2.09. The number of H-pyrrole nitrogens is 1. The Morgan fingerprint density at radius 1 is 1.30 bits per heavy atom. The van der Waals surface area contributed by atoms with E-state index in [1.807, 2.05) is 0 Å². The average Bonchev–Trinajstić information content (AvgIpc) is 2.76. The monoisotopic (exact) mass is 274 g/mol. The minimum Gasteiger partial charge on any atom is -0.487 e. The Morgan fingerprint density at radius 3 is 2.90 bits per heavy atom. The highest BCUT2D eigenvalue weighted by Crippen LogP contribution is 2.27. The lowest BCUT2D eigenvalue weighted by atomic mass is 10.2. The second kappa shape index (κ2) is 4.73. The summed E-state index contributed by atoms with van der Waals surface area (Å²) in [5.74, 6) is -0.549. The Kier molecular flexibility index (Phi) is 2.90. The quantitative estimate of drug-likeness (QED) is 0.719. The number of hydrogen-bond acceptors (Lipinski definition) is 4. The Morgan fingerprint density at radius 2 is 2.10 bits per heavy atom. The van der Waals surface area contributed by atoms with E-state index in [4.69, 9.17) is 14.9 Å². The summed E-state index contributed by atoms with van der Waals surface area (Å²) in [5, 5.41) is 0. The average molecular weight is 274 g/mol. The molecule has 0 aliphatic carbocycles. The third-order valence-corrected chi connectivity index (χ3v) is 2.89. The summed E-state index contributed by atoms with van der Waals surface area (Å²) in [7, 11) is 0. The van der Waals surface area contributed by atoms with Crippen molar-refractivity contribution in [1.82, 2.24) is 4.98 Å². The van der Waals surface area contributed by atoms with E-state index >= 15 is 0 Å². The summed E-state index contributed by atoms with van der Waals surface area (Å²) in [5.41, 5.74) is 7.38. The largest absolute Gasteiger partial charge is 0.487 e. The molecular weight excluding hydrogens is 263 g/mol. The van der Waals surface area contributed by atoms with Gasteiger partial charge in [0.15, 0.2) is 5.58 Å². The van der Waals surface area contributed by atoms with E-state index in [0.29, 0.717) is 28.1 Å². The zero-order valence-corrected chi connectivity index (χ0v) is 10.4. The number of oxazole rings is 1. The molecule has 0 amide bonds. The molecule has 0 radical (unpaired) electrons. The molecule has 3 rings (SSSR count). The van der Waals surface area contributed by atoms with Gasteiger partial charge in [-0.3, -0.25) is 4.98 Å². The lowest BCUT2D eigenvalue weighted by Crippen LogP contribution is -2.00. The standard InChI is InChI=1S/C14H11FN2O3/c15-9-4-2-1-3-8(9)7-19-12-6-11-13(5-10(12)16)20-14(18)17-11/h1-6H,7,16H2,(H,17,18). The Balaban J connectivity index is 1.89. The smallest absolute Gasteiger partial charge is 0.417 e. The number of aromatic nitrogens is 1. The van der Waals surface area contributed by atoms with E-state index in [9.17, 15) is 9.18 Å². The lowest BCUT2D eigenvalue weighted by molar-refractivity contribution is 0.302. The van der Waals surface area contributed by atoms with Crippen LogP contribution in [0.1, 0.15) is 5.56 Å². The molecule has 0 fully saturated rings. The van der Waals surface area contributed by atoms with Gasteiger partial charge in [0.05, 0.1) is 11.2 Å². The van der Waals surface area contributed by atoms with Gasteiger partial charge < -0.3 is 14.9 Å². The first-order chi connectivity index (χ1) is 9.63. The van der Waals surface area contributed by atoms with Gasteiger partial charge in [-0.15, -0.1) is 0 Å². The summed E-state index contributed by atoms with van der Waals surface area (Å²) in [6.07, 6.45) is 0. The molecule has 3 aromatic rings. The summed E-state index contributed by atoms with van der Waals surface area (Å²) in [4.78, 5) is 13.6. The number of halogens is 1. The fourth-order valence-electron chi connectivity index (χ4n) is 1.89. The molecule has 1 heterocycles. The van der Waals surface area contributed by atoms with Gasteiger partial charge in [-0.05, 0) is 6.07 Å². The molecule has 1 aromatic heterocycles. The van der Waals surface area contributed by atoms with Crippen molar-refractivity contribution in [2.24, 2.45) is 0 Å². The Hall–Kier alpha value is -2.76. The first kappa shape index (κ1) is 12.3. The molecule has 20 heavy (non-hydrogen) atoms. The molecule has 6 heteroatoms. The summed E-state index contributed by atoms with van der Waals surface area (Å²) in [6, 6.07) is 9.36. The fourth-order valence-corrected chi connectivity index (χ4v) is 1.89. The number of rotatable bonds is 3. The van der Waals surface area contributed by atoms with Gasteiger partial charge in [-0.1, -0.05) is 18.2 Å². The zero-order valence-electron chi connectivity index (χ0n) is 10.4. The zero-order chi connectivity index (χ0) is 14.1. The highest BCUT2D eigenvalue weighted by molar-refractivity contribution is 5.80. The predicted molar refractivity (Wildman–Crippen MR) is 72.0 cm³/mol. The third kappa shape index (κ3) is 2.23. The fraction of sp³-hybridized carbons (Fsp3) is 0.0714. The number of ether oxygens (including phenoxy) is 1. The van der Waals surface area contributed by atoms with Crippen LogP contribution in [0, 0.1) is 5.82 Å². The maximum Gasteiger partial charge on any atom is 0.417 e. The molecule has 0 saturated carbocycles. The second-order valence-electron chi connectivity index (χ2n) is 4.28. The number of anilines is 1. The molecule has 2 aromatic carbocycles. The van der Waals surface area contributed by atoms with Crippen molar-refractivity contribution in [3.05, 3.63) is 58.3 Å². The topological polar surface area (TPSA) is 81.2 Å². The van der Waals surface area contributed by atoms with Crippen LogP contribution < -0.4 is 16.2 Å². The van der Waals surface area contributed by atoms with Crippen LogP contribution in [0.5, 0.6) is 5.75 Å². The van der Waals surface area contributed by atoms with E-state index in [2.05, 4.69) is 4.98 Å². The first-order valence-electron chi connectivity index (χ1n) is 5.92. The number of fused-ring (bicyclic) bond motifs is 1. The van der Waals surface area contributed by atoms with E-state index in [-0.39, 0.29) is 12.4 Å². The van der Waals surface area contributed by atoms with Crippen LogP contribution >= 0.6 is 0 Å². The molecule has 0 aliphatic rings. The third-order valence-electron chi connectivity index (χ3n) is 2.89. The number of aromatic amines is 1. The number of nitrogens with two attached hydrogens (primary N) is 1. The molecule has 0 bridgehead atoms. The molecular formula is C14H11FN2O3. The highest BCUT2D eigenvalue weighted by Gasteiger charge is 2.09. The van der Waals surface area contributed by atoms with Crippen LogP contribution in [-0.4, -0.2) is 4.98 Å². The van der Waals surface area contributed by atoms with Crippen LogP contribution in [-0.2, 0) is 6.61 Å². The van der Waals surface area contributed by atoms with Crippen LogP contribution in [0.4, 0.5) is 10.1 Å². The van der Waals surface area contributed by atoms with Crippen molar-refractivity contribution in [1.29, 1.82) is 0 Å². The van der Waals surface area contributed by atoms with E-state index in [1.165, 1.54) is 12.1 Å². The van der Waals surface area contributed by atoms with Crippen molar-refractivity contribution in [2.75, 3.05) is 5.73 Å². The van der Waals surface area contributed by atoms with Crippen LogP contribution in [0.2, 0.25) is 0 Å². The molecule has 0 aliphatic heterocycles. The van der Waals surface area contributed by atoms with Gasteiger partial charge in [0.2, 0.25) is 0 Å². The van der Waals surface area contributed by atoms with Crippen molar-refractivity contribution < 1.29 is 13.5 Å². The van der Waals surface area contributed by atoms with Gasteiger partial charge in [-0.2, -0.15) is 0 Å². The highest BCUT2D eigenvalue weighted by atomic mass is 19.1. The maximum atomic E-state index is 13.5. The Labute approximate surface area is 112 Å². The van der Waals surface area contributed by atoms with Crippen molar-refractivity contribution >= 4 is 16.8 Å². The molecule has 0 saturated heterocycles. The van der Waals surface area contributed by atoms with Crippen LogP contribution in [0.25, 0.3) is 11.1 Å². The summed E-state index contributed by atoms with van der Waals surface area (Å²) >= 11 is 0. The van der Waals surface area contributed by atoms with Crippen molar-refractivity contribution in [3.63, 3.8) is 0 Å². The van der Waals surface area contributed by atoms with Gasteiger partial charge >= 0.3 is 5.76 Å². The normalized spacial score (nSPS) is 10.8. The maximum absolute atomic E-state index is 13.5. The Bertz CT molecular complexity index is 823. The number of nitrogen functional groups attached to an aromatic ring is 1. The molecule has 0 spiro atoms. The SMILES string of the molecule is Nc1cc2oc(=O)[nH]c2cc1OCc1ccccc1F. The van der Waals surface area contributed by atoms with E-state index in [0.717, 1.165) is 0 Å². The minimum absolute atomic E-state index is 0.0461. The number of benzene rings is 2. The van der Waals surface area contributed by atoms with Gasteiger partial charge in [0.1, 0.15) is 18.2 Å². The molecule has 0 unspecified atom stereocenters. The minimum atomic E-state index is -0.564. The first-order valence-corrected chi connectivity index (χ1v) is 5.92. The molecule has 0 atom stereocenters. The van der Waals surface area contributed by atoms with Gasteiger partial charge in [0, 0.05) is 17.7 Å². The predicted octanol–water partition coefficient (Wildman–Crippen LogP) is 2.42. The van der Waals surface area contributed by atoms with E-state index in [1.54, 1.807) is 24.3 Å². The van der Waals surface area contributed by atoms with Crippen molar-refractivity contribution in [3.8, 4) is 5.75 Å². The summed E-state index contributed by atoms with van der Waals surface area (Å²) in [6.45, 7) is 0.0461. The van der Waals surface area contributed by atoms with Gasteiger partial charge in [-0.25, -0.2) is 9.18 Å². The van der Waals surface area contributed by atoms with Crippen molar-refractivity contribution in [2.45, 2.75) is 6.61 Å². The number of hydrogen-bond donors (Lipinski definition) is 2. The summed E-state index contributed by atoms with van der Waals surface area (Å²) < 4.78 is 23.8. The molecule has 3 N–H and O–H groups in total. The number of nitrogens with one attached hydrogen (secondary N) is 1. The second-order valence-corrected chi connectivity index (χ2v) is 4.28. The van der Waals surface area contributed by atoms with Gasteiger partial charge in [0.25, 0.3) is 0 Å². The van der Waals surface area contributed by atoms with E-state index < -0.39 is 5.76 Å². The van der Waals surface area contributed by atoms with Crippen LogP contribution in [0.3, 0.4) is 0 Å². The molecule has 102 valence electrons.